The third-order valence-corrected chi connectivity index (χ3v) is 3.23. The number of halogens is 1. The first-order chi connectivity index (χ1) is 7.50. The van der Waals surface area contributed by atoms with Crippen LogP contribution in [0.2, 0.25) is 0 Å². The summed E-state index contributed by atoms with van der Waals surface area (Å²) in [4.78, 5) is 18.6. The van der Waals surface area contributed by atoms with E-state index in [-0.39, 0.29) is 5.56 Å². The van der Waals surface area contributed by atoms with Crippen molar-refractivity contribution in [1.29, 1.82) is 0 Å². The fourth-order valence-corrected chi connectivity index (χ4v) is 1.70. The van der Waals surface area contributed by atoms with Gasteiger partial charge in [-0.05, 0) is 36.7 Å². The number of aromatic amines is 1. The predicted molar refractivity (Wildman–Crippen MR) is 62.3 cm³/mol. The molecular weight excluding hydrogens is 274 g/mol. The average Bonchev–Trinajstić information content (AvgIpc) is 2.54. The molecule has 0 saturated heterocycles. The number of rotatable bonds is 1. The molecule has 2 rings (SSSR count). The molecule has 0 saturated carbocycles. The van der Waals surface area contributed by atoms with Crippen molar-refractivity contribution in [3.63, 3.8) is 0 Å². The fourth-order valence-electron chi connectivity index (χ4n) is 1.51. The van der Waals surface area contributed by atoms with Crippen LogP contribution in [0.3, 0.4) is 0 Å². The highest BCUT2D eigenvalue weighted by atomic mass is 79.9. The minimum Gasteiger partial charge on any atom is -0.361 e. The Bertz CT molecular complexity index is 581. The molecule has 16 heavy (non-hydrogen) atoms. The summed E-state index contributed by atoms with van der Waals surface area (Å²) in [7, 11) is 0. The zero-order valence-electron chi connectivity index (χ0n) is 9.09. The highest BCUT2D eigenvalue weighted by Gasteiger charge is 2.15. The van der Waals surface area contributed by atoms with Crippen molar-refractivity contribution >= 4 is 15.9 Å². The molecule has 0 unspecified atom stereocenters. The summed E-state index contributed by atoms with van der Waals surface area (Å²) in [5.74, 6) is 1.13. The molecular formula is C10H10BrN3O2. The first-order valence-corrected chi connectivity index (χ1v) is 5.49. The zero-order valence-corrected chi connectivity index (χ0v) is 10.7. The monoisotopic (exact) mass is 283 g/mol. The number of aromatic nitrogens is 3. The quantitative estimate of drug-likeness (QED) is 0.870. The van der Waals surface area contributed by atoms with Gasteiger partial charge < -0.3 is 9.51 Å². The third kappa shape index (κ3) is 1.69. The van der Waals surface area contributed by atoms with Crippen molar-refractivity contribution in [3.05, 3.63) is 32.0 Å². The van der Waals surface area contributed by atoms with Crippen LogP contribution in [0.5, 0.6) is 0 Å². The smallest absolute Gasteiger partial charge is 0.265 e. The molecule has 0 aliphatic carbocycles. The van der Waals surface area contributed by atoms with Crippen LogP contribution in [0.1, 0.15) is 17.1 Å². The van der Waals surface area contributed by atoms with Gasteiger partial charge in [-0.15, -0.1) is 0 Å². The van der Waals surface area contributed by atoms with Crippen LogP contribution in [0, 0.1) is 20.8 Å². The highest BCUT2D eigenvalue weighted by molar-refractivity contribution is 9.10. The van der Waals surface area contributed by atoms with E-state index >= 15 is 0 Å². The fraction of sp³-hybridized carbons (Fsp3) is 0.300. The van der Waals surface area contributed by atoms with Crippen LogP contribution in [0.25, 0.3) is 11.4 Å². The summed E-state index contributed by atoms with van der Waals surface area (Å²) in [5, 5.41) is 3.83. The van der Waals surface area contributed by atoms with Gasteiger partial charge in [0.15, 0.2) is 0 Å². The van der Waals surface area contributed by atoms with E-state index in [9.17, 15) is 4.79 Å². The zero-order chi connectivity index (χ0) is 11.9. The molecule has 0 bridgehead atoms. The lowest BCUT2D eigenvalue weighted by atomic mass is 10.2. The maximum atomic E-state index is 11.6. The van der Waals surface area contributed by atoms with Gasteiger partial charge in [0.05, 0.1) is 17.0 Å². The average molecular weight is 284 g/mol. The van der Waals surface area contributed by atoms with E-state index in [1.165, 1.54) is 0 Å². The molecule has 0 aromatic carbocycles. The second kappa shape index (κ2) is 3.86. The molecule has 1 N–H and O–H groups in total. The largest absolute Gasteiger partial charge is 0.361 e. The van der Waals surface area contributed by atoms with Crippen molar-refractivity contribution in [3.8, 4) is 11.4 Å². The SMILES string of the molecule is Cc1noc(C)c1-c1nc(C)c(Br)c(=O)[nH]1. The Balaban J connectivity index is 2.71. The van der Waals surface area contributed by atoms with E-state index in [0.29, 0.717) is 27.4 Å². The Hall–Kier alpha value is -1.43. The van der Waals surface area contributed by atoms with Gasteiger partial charge >= 0.3 is 0 Å². The molecule has 0 spiro atoms. The third-order valence-electron chi connectivity index (χ3n) is 2.30. The van der Waals surface area contributed by atoms with Gasteiger partial charge in [0.25, 0.3) is 5.56 Å². The number of H-pyrrole nitrogens is 1. The second-order valence-electron chi connectivity index (χ2n) is 3.51. The van der Waals surface area contributed by atoms with Crippen molar-refractivity contribution in [2.45, 2.75) is 20.8 Å². The Morgan fingerprint density at radius 1 is 1.25 bits per heavy atom. The van der Waals surface area contributed by atoms with E-state index in [1.807, 2.05) is 6.92 Å². The summed E-state index contributed by atoms with van der Waals surface area (Å²) in [6, 6.07) is 0. The topological polar surface area (TPSA) is 71.8 Å². The molecule has 84 valence electrons. The molecule has 0 atom stereocenters. The van der Waals surface area contributed by atoms with Crippen LogP contribution < -0.4 is 5.56 Å². The van der Waals surface area contributed by atoms with E-state index in [4.69, 9.17) is 4.52 Å². The Kier molecular flexibility index (Phi) is 2.67. The van der Waals surface area contributed by atoms with Crippen molar-refractivity contribution in [2.75, 3.05) is 0 Å². The van der Waals surface area contributed by atoms with Crippen LogP contribution in [-0.4, -0.2) is 15.1 Å². The van der Waals surface area contributed by atoms with Gasteiger partial charge in [0.1, 0.15) is 16.1 Å². The molecule has 0 radical (unpaired) electrons. The number of hydrogen-bond acceptors (Lipinski definition) is 4. The Morgan fingerprint density at radius 3 is 2.44 bits per heavy atom. The molecule has 5 nitrogen and oxygen atoms in total. The van der Waals surface area contributed by atoms with E-state index in [1.54, 1.807) is 13.8 Å². The molecule has 6 heteroatoms. The standard InChI is InChI=1S/C10H10BrN3O2/c1-4-7(6(3)16-14-4)9-12-5(2)8(11)10(15)13-9/h1-3H3,(H,12,13,15). The normalized spacial score (nSPS) is 10.8. The molecule has 2 aromatic rings. The van der Waals surface area contributed by atoms with Crippen molar-refractivity contribution in [2.24, 2.45) is 0 Å². The minimum atomic E-state index is -0.206. The van der Waals surface area contributed by atoms with E-state index in [0.717, 1.165) is 5.56 Å². The van der Waals surface area contributed by atoms with Gasteiger partial charge in [-0.25, -0.2) is 4.98 Å². The van der Waals surface area contributed by atoms with Crippen LogP contribution in [0.15, 0.2) is 13.8 Å². The van der Waals surface area contributed by atoms with Crippen LogP contribution >= 0.6 is 15.9 Å². The maximum Gasteiger partial charge on any atom is 0.265 e. The first-order valence-electron chi connectivity index (χ1n) is 4.70. The number of aryl methyl sites for hydroxylation is 3. The molecule has 2 heterocycles. The van der Waals surface area contributed by atoms with Crippen molar-refractivity contribution < 1.29 is 4.52 Å². The lowest BCUT2D eigenvalue weighted by molar-refractivity contribution is 0.393. The molecule has 0 aliphatic rings. The first kappa shape index (κ1) is 11.1. The summed E-state index contributed by atoms with van der Waals surface area (Å²) in [5.41, 5.74) is 1.89. The summed E-state index contributed by atoms with van der Waals surface area (Å²) >= 11 is 3.17. The minimum absolute atomic E-state index is 0.206. The summed E-state index contributed by atoms with van der Waals surface area (Å²) in [6.45, 7) is 5.36. The Morgan fingerprint density at radius 2 is 1.94 bits per heavy atom. The molecule has 0 amide bonds. The van der Waals surface area contributed by atoms with Gasteiger partial charge in [-0.2, -0.15) is 0 Å². The molecule has 0 aliphatic heterocycles. The highest BCUT2D eigenvalue weighted by Crippen LogP contribution is 2.23. The molecule has 0 fully saturated rings. The van der Waals surface area contributed by atoms with Crippen LogP contribution in [0.4, 0.5) is 0 Å². The van der Waals surface area contributed by atoms with E-state index in [2.05, 4.69) is 31.1 Å². The Labute approximate surface area is 100 Å². The van der Waals surface area contributed by atoms with E-state index < -0.39 is 0 Å². The lowest BCUT2D eigenvalue weighted by Crippen LogP contribution is -2.12. The number of nitrogens with one attached hydrogen (secondary N) is 1. The lowest BCUT2D eigenvalue weighted by Gasteiger charge is -2.02. The summed E-state index contributed by atoms with van der Waals surface area (Å²) < 4.78 is 5.48. The van der Waals surface area contributed by atoms with Gasteiger partial charge in [0, 0.05) is 0 Å². The predicted octanol–water partition coefficient (Wildman–Crippen LogP) is 2.11. The second-order valence-corrected chi connectivity index (χ2v) is 4.31. The number of nitrogens with zero attached hydrogens (tertiary/aromatic N) is 2. The van der Waals surface area contributed by atoms with Crippen molar-refractivity contribution in [1.82, 2.24) is 15.1 Å². The van der Waals surface area contributed by atoms with Crippen LogP contribution in [-0.2, 0) is 0 Å². The van der Waals surface area contributed by atoms with Gasteiger partial charge in [0.2, 0.25) is 0 Å². The maximum absolute atomic E-state index is 11.6. The van der Waals surface area contributed by atoms with Gasteiger partial charge in [-0.3, -0.25) is 4.79 Å². The van der Waals surface area contributed by atoms with Gasteiger partial charge in [-0.1, -0.05) is 5.16 Å². The number of hydrogen-bond donors (Lipinski definition) is 1. The molecule has 2 aromatic heterocycles. The summed E-state index contributed by atoms with van der Waals surface area (Å²) in [6.07, 6.45) is 0.